The summed E-state index contributed by atoms with van der Waals surface area (Å²) in [5.41, 5.74) is -0.00620. The smallest absolute Gasteiger partial charge is 0.257 e. The number of likely N-dealkylation sites (tertiary alicyclic amines) is 1. The minimum absolute atomic E-state index is 0.00669. The molecular formula is C22H27F2N5O3. The van der Waals surface area contributed by atoms with Gasteiger partial charge in [-0.25, -0.2) is 8.78 Å². The number of nitrogens with zero attached hydrogens (tertiary/aromatic N) is 3. The molecule has 8 nitrogen and oxygen atoms in total. The van der Waals surface area contributed by atoms with Crippen LogP contribution in [0.3, 0.4) is 0 Å². The minimum Gasteiger partial charge on any atom is -0.476 e. The van der Waals surface area contributed by atoms with Gasteiger partial charge in [-0.2, -0.15) is 0 Å². The van der Waals surface area contributed by atoms with Crippen molar-refractivity contribution >= 4 is 11.7 Å². The van der Waals surface area contributed by atoms with Crippen molar-refractivity contribution < 1.29 is 18.3 Å². The zero-order chi connectivity index (χ0) is 22.7. The molecule has 3 heterocycles. The van der Waals surface area contributed by atoms with Crippen LogP contribution in [0.1, 0.15) is 44.1 Å². The molecule has 0 bridgehead atoms. The highest BCUT2D eigenvalue weighted by atomic mass is 19.3. The second kappa shape index (κ2) is 9.32. The van der Waals surface area contributed by atoms with E-state index < -0.39 is 17.9 Å². The monoisotopic (exact) mass is 447 g/mol. The maximum atomic E-state index is 14.6. The van der Waals surface area contributed by atoms with Crippen molar-refractivity contribution in [1.82, 2.24) is 20.1 Å². The van der Waals surface area contributed by atoms with E-state index in [-0.39, 0.29) is 36.8 Å². The number of hydrogen-bond donors (Lipinski definition) is 2. The Labute approximate surface area is 184 Å². The maximum absolute atomic E-state index is 14.6. The van der Waals surface area contributed by atoms with Gasteiger partial charge in [0.25, 0.3) is 5.92 Å². The molecule has 1 aliphatic carbocycles. The Morgan fingerprint density at radius 1 is 1.31 bits per heavy atom. The van der Waals surface area contributed by atoms with Crippen molar-refractivity contribution in [3.8, 4) is 5.88 Å². The molecular weight excluding hydrogens is 420 g/mol. The van der Waals surface area contributed by atoms with Crippen molar-refractivity contribution in [2.75, 3.05) is 25.0 Å². The number of aromatic nitrogens is 3. The van der Waals surface area contributed by atoms with E-state index in [0.717, 1.165) is 0 Å². The molecule has 4 rings (SSSR count). The van der Waals surface area contributed by atoms with Gasteiger partial charge in [0.05, 0.1) is 18.6 Å². The molecule has 2 aromatic heterocycles. The fourth-order valence-electron chi connectivity index (χ4n) is 3.99. The number of anilines is 1. The number of aromatic amines is 1. The predicted molar refractivity (Wildman–Crippen MR) is 114 cm³/mol. The molecule has 1 amide bonds. The summed E-state index contributed by atoms with van der Waals surface area (Å²) in [6, 6.07) is 5.27. The van der Waals surface area contributed by atoms with Gasteiger partial charge in [0.15, 0.2) is 5.82 Å². The van der Waals surface area contributed by atoms with E-state index in [1.54, 1.807) is 24.0 Å². The van der Waals surface area contributed by atoms with Crippen LogP contribution in [0.5, 0.6) is 5.88 Å². The highest BCUT2D eigenvalue weighted by molar-refractivity contribution is 5.93. The Bertz CT molecular complexity index is 973. The zero-order valence-electron chi connectivity index (χ0n) is 17.9. The van der Waals surface area contributed by atoms with Gasteiger partial charge in [0, 0.05) is 37.8 Å². The molecule has 2 N–H and O–H groups in total. The first-order chi connectivity index (χ1) is 15.3. The van der Waals surface area contributed by atoms with Crippen molar-refractivity contribution in [1.29, 1.82) is 0 Å². The topological polar surface area (TPSA) is 100 Å². The molecule has 1 aliphatic heterocycles. The van der Waals surface area contributed by atoms with Gasteiger partial charge in [-0.15, -0.1) is 10.2 Å². The molecule has 0 radical (unpaired) electrons. The van der Waals surface area contributed by atoms with Gasteiger partial charge in [-0.3, -0.25) is 14.5 Å². The Hall–Kier alpha value is -2.88. The van der Waals surface area contributed by atoms with Crippen LogP contribution in [0.15, 0.2) is 35.3 Å². The highest BCUT2D eigenvalue weighted by Crippen LogP contribution is 2.40. The third kappa shape index (κ3) is 5.12. The van der Waals surface area contributed by atoms with Crippen molar-refractivity contribution in [3.63, 3.8) is 0 Å². The number of alkyl halides is 2. The van der Waals surface area contributed by atoms with E-state index in [2.05, 4.69) is 20.5 Å². The number of ether oxygens (including phenoxy) is 1. The molecule has 2 atom stereocenters. The van der Waals surface area contributed by atoms with Crippen LogP contribution in [0.4, 0.5) is 14.6 Å². The fraction of sp³-hybridized carbons (Fsp3) is 0.545. The van der Waals surface area contributed by atoms with Crippen molar-refractivity contribution in [2.24, 2.45) is 5.92 Å². The van der Waals surface area contributed by atoms with E-state index >= 15 is 0 Å². The summed E-state index contributed by atoms with van der Waals surface area (Å²) in [7, 11) is 0. The molecule has 2 fully saturated rings. The van der Waals surface area contributed by atoms with E-state index in [1.807, 2.05) is 0 Å². The number of carbonyl (C=O) groups excluding carboxylic acids is 1. The number of H-pyrrole nitrogens is 1. The van der Waals surface area contributed by atoms with E-state index in [9.17, 15) is 18.4 Å². The van der Waals surface area contributed by atoms with Crippen LogP contribution < -0.4 is 15.6 Å². The Morgan fingerprint density at radius 2 is 2.12 bits per heavy atom. The van der Waals surface area contributed by atoms with Gasteiger partial charge in [0.2, 0.25) is 17.3 Å². The lowest BCUT2D eigenvalue weighted by Gasteiger charge is -2.40. The summed E-state index contributed by atoms with van der Waals surface area (Å²) < 4.78 is 34.7. The van der Waals surface area contributed by atoms with Crippen molar-refractivity contribution in [3.05, 3.63) is 46.4 Å². The normalized spacial score (nSPS) is 22.0. The first kappa shape index (κ1) is 22.3. The van der Waals surface area contributed by atoms with Crippen LogP contribution in [0.2, 0.25) is 0 Å². The first-order valence-electron chi connectivity index (χ1n) is 10.9. The number of pyridine rings is 1. The number of carbonyl (C=O) groups is 1. The van der Waals surface area contributed by atoms with Gasteiger partial charge in [-0.05, 0) is 37.3 Å². The van der Waals surface area contributed by atoms with E-state index in [4.69, 9.17) is 4.74 Å². The summed E-state index contributed by atoms with van der Waals surface area (Å²) in [6.45, 7) is 2.37. The third-order valence-corrected chi connectivity index (χ3v) is 6.38. The zero-order valence-corrected chi connectivity index (χ0v) is 17.9. The molecule has 1 saturated heterocycles. The molecule has 2 aromatic rings. The number of amides is 1. The Morgan fingerprint density at radius 3 is 2.75 bits per heavy atom. The first-order valence-corrected chi connectivity index (χ1v) is 10.9. The average Bonchev–Trinajstić information content (AvgIpc) is 2.74. The second-order valence-corrected chi connectivity index (χ2v) is 8.57. The van der Waals surface area contributed by atoms with Gasteiger partial charge in [-0.1, -0.05) is 12.5 Å². The van der Waals surface area contributed by atoms with Crippen LogP contribution in [0, 0.1) is 5.92 Å². The number of piperidine rings is 1. The molecule has 0 spiro atoms. The number of halogens is 2. The van der Waals surface area contributed by atoms with Crippen LogP contribution in [-0.4, -0.2) is 57.6 Å². The SMILES string of the molecule is CC(C(=O)Nc1ccc(OCC2CCC2)nn1)N1CCC(F)(F)[C@@H](c2ccc(=O)[nH]c2)C1. The van der Waals surface area contributed by atoms with Crippen LogP contribution in [0.25, 0.3) is 0 Å². The molecule has 10 heteroatoms. The number of nitrogens with one attached hydrogen (secondary N) is 2. The van der Waals surface area contributed by atoms with Crippen molar-refractivity contribution in [2.45, 2.75) is 50.5 Å². The summed E-state index contributed by atoms with van der Waals surface area (Å²) >= 11 is 0. The summed E-state index contributed by atoms with van der Waals surface area (Å²) in [6.07, 6.45) is 4.53. The van der Waals surface area contributed by atoms with E-state index in [0.29, 0.717) is 24.0 Å². The second-order valence-electron chi connectivity index (χ2n) is 8.57. The standard InChI is InChI=1S/C22H27F2N5O3/c1-14(21(31)26-18-6-8-20(28-27-18)32-13-15-3-2-4-15)29-10-9-22(23,24)17(12-29)16-5-7-19(30)25-11-16/h5-8,11,14-15,17H,2-4,9-10,12-13H2,1H3,(H,25,30)(H,26,27,31)/t14?,17-/m1/s1. The molecule has 2 aliphatic rings. The maximum Gasteiger partial charge on any atom is 0.257 e. The third-order valence-electron chi connectivity index (χ3n) is 6.38. The number of hydrogen-bond acceptors (Lipinski definition) is 6. The summed E-state index contributed by atoms with van der Waals surface area (Å²) in [4.78, 5) is 28.2. The highest BCUT2D eigenvalue weighted by Gasteiger charge is 2.46. The summed E-state index contributed by atoms with van der Waals surface area (Å²) in [5, 5.41) is 10.7. The van der Waals surface area contributed by atoms with Crippen LogP contribution in [-0.2, 0) is 4.79 Å². The van der Waals surface area contributed by atoms with Gasteiger partial charge >= 0.3 is 0 Å². The van der Waals surface area contributed by atoms with Gasteiger partial charge in [0.1, 0.15) is 0 Å². The largest absolute Gasteiger partial charge is 0.476 e. The summed E-state index contributed by atoms with van der Waals surface area (Å²) in [5.74, 6) is -3.13. The number of rotatable bonds is 7. The lowest BCUT2D eigenvalue weighted by molar-refractivity contribution is -0.125. The van der Waals surface area contributed by atoms with Crippen LogP contribution >= 0.6 is 0 Å². The fourth-order valence-corrected chi connectivity index (χ4v) is 3.99. The minimum atomic E-state index is -2.92. The Balaban J connectivity index is 1.35. The lowest BCUT2D eigenvalue weighted by Crippen LogP contribution is -2.52. The average molecular weight is 447 g/mol. The molecule has 172 valence electrons. The molecule has 0 aromatic carbocycles. The molecule has 1 unspecified atom stereocenters. The lowest BCUT2D eigenvalue weighted by atomic mass is 9.86. The molecule has 1 saturated carbocycles. The van der Waals surface area contributed by atoms with E-state index in [1.165, 1.54) is 37.6 Å². The predicted octanol–water partition coefficient (Wildman–Crippen LogP) is 2.80. The Kier molecular flexibility index (Phi) is 6.50. The van der Waals surface area contributed by atoms with Gasteiger partial charge < -0.3 is 15.0 Å². The quantitative estimate of drug-likeness (QED) is 0.677. The molecule has 32 heavy (non-hydrogen) atoms.